The molecule has 0 radical (unpaired) electrons. The standard InChI is InChI=1S/C13H15BrO2/c1-7-5-9(16-4)11-10(12(7)14)8(15)6-13(11,2)3/h5H,6H2,1-4H3. The molecule has 1 aliphatic carbocycles. The summed E-state index contributed by atoms with van der Waals surface area (Å²) in [6.45, 7) is 6.15. The zero-order chi connectivity index (χ0) is 12.1. The maximum Gasteiger partial charge on any atom is 0.165 e. The number of carbonyl (C=O) groups excluding carboxylic acids is 1. The average molecular weight is 283 g/mol. The first-order valence-electron chi connectivity index (χ1n) is 5.29. The third-order valence-corrected chi connectivity index (χ3v) is 4.21. The quantitative estimate of drug-likeness (QED) is 0.786. The summed E-state index contributed by atoms with van der Waals surface area (Å²) in [6.07, 6.45) is 0.556. The molecule has 0 aliphatic heterocycles. The number of benzene rings is 1. The van der Waals surface area contributed by atoms with E-state index in [1.165, 1.54) is 0 Å². The van der Waals surface area contributed by atoms with Gasteiger partial charge < -0.3 is 4.74 Å². The van der Waals surface area contributed by atoms with Crippen molar-refractivity contribution in [1.29, 1.82) is 0 Å². The van der Waals surface area contributed by atoms with E-state index in [0.717, 1.165) is 26.9 Å². The van der Waals surface area contributed by atoms with Gasteiger partial charge in [0.2, 0.25) is 0 Å². The van der Waals surface area contributed by atoms with Gasteiger partial charge in [-0.3, -0.25) is 4.79 Å². The van der Waals surface area contributed by atoms with E-state index in [1.807, 2.05) is 13.0 Å². The van der Waals surface area contributed by atoms with Crippen molar-refractivity contribution in [1.82, 2.24) is 0 Å². The molecule has 0 amide bonds. The molecule has 0 heterocycles. The van der Waals surface area contributed by atoms with Crippen molar-refractivity contribution in [3.8, 4) is 5.75 Å². The van der Waals surface area contributed by atoms with Crippen molar-refractivity contribution in [2.24, 2.45) is 0 Å². The number of rotatable bonds is 1. The third kappa shape index (κ3) is 1.49. The number of halogens is 1. The minimum atomic E-state index is -0.131. The van der Waals surface area contributed by atoms with Crippen molar-refractivity contribution in [3.05, 3.63) is 27.2 Å². The summed E-state index contributed by atoms with van der Waals surface area (Å²) >= 11 is 3.51. The molecule has 16 heavy (non-hydrogen) atoms. The van der Waals surface area contributed by atoms with Gasteiger partial charge in [-0.1, -0.05) is 13.8 Å². The molecule has 0 aromatic heterocycles. The molecule has 0 saturated carbocycles. The summed E-state index contributed by atoms with van der Waals surface area (Å²) in [4.78, 5) is 12.0. The summed E-state index contributed by atoms with van der Waals surface area (Å²) in [5.74, 6) is 1.03. The lowest BCUT2D eigenvalue weighted by Crippen LogP contribution is -2.14. The van der Waals surface area contributed by atoms with Gasteiger partial charge in [-0.15, -0.1) is 0 Å². The normalized spacial score (nSPS) is 17.4. The van der Waals surface area contributed by atoms with E-state index in [2.05, 4.69) is 29.8 Å². The first-order chi connectivity index (χ1) is 7.38. The Kier molecular flexibility index (Phi) is 2.61. The van der Waals surface area contributed by atoms with Crippen LogP contribution in [0.3, 0.4) is 0 Å². The molecule has 0 unspecified atom stereocenters. The SMILES string of the molecule is COc1cc(C)c(Br)c2c1C(C)(C)CC2=O. The molecule has 0 bridgehead atoms. The van der Waals surface area contributed by atoms with Crippen LogP contribution in [0.5, 0.6) is 5.75 Å². The smallest absolute Gasteiger partial charge is 0.165 e. The Morgan fingerprint density at radius 1 is 1.44 bits per heavy atom. The Morgan fingerprint density at radius 2 is 2.06 bits per heavy atom. The van der Waals surface area contributed by atoms with Crippen LogP contribution in [0.1, 0.15) is 41.8 Å². The van der Waals surface area contributed by atoms with Crippen molar-refractivity contribution in [2.75, 3.05) is 7.11 Å². The maximum atomic E-state index is 12.0. The Labute approximate surface area is 104 Å². The van der Waals surface area contributed by atoms with E-state index in [4.69, 9.17) is 4.74 Å². The van der Waals surface area contributed by atoms with Gasteiger partial charge in [0.05, 0.1) is 7.11 Å². The molecule has 1 aromatic rings. The third-order valence-electron chi connectivity index (χ3n) is 3.19. The topological polar surface area (TPSA) is 26.3 Å². The predicted molar refractivity (Wildman–Crippen MR) is 67.4 cm³/mol. The Morgan fingerprint density at radius 3 is 2.62 bits per heavy atom. The number of carbonyl (C=O) groups is 1. The average Bonchev–Trinajstić information content (AvgIpc) is 2.43. The van der Waals surface area contributed by atoms with Crippen LogP contribution < -0.4 is 4.74 Å². The Hall–Kier alpha value is -0.830. The number of hydrogen-bond donors (Lipinski definition) is 0. The lowest BCUT2D eigenvalue weighted by Gasteiger charge is -2.21. The van der Waals surface area contributed by atoms with Gasteiger partial charge in [0.1, 0.15) is 5.75 Å². The first kappa shape index (κ1) is 11.6. The van der Waals surface area contributed by atoms with Crippen LogP contribution in [-0.4, -0.2) is 12.9 Å². The number of Topliss-reactive ketones (excluding diaryl/α,β-unsaturated/α-hetero) is 1. The first-order valence-corrected chi connectivity index (χ1v) is 6.08. The van der Waals surface area contributed by atoms with Crippen LogP contribution in [-0.2, 0) is 5.41 Å². The molecular weight excluding hydrogens is 268 g/mol. The zero-order valence-corrected chi connectivity index (χ0v) is 11.6. The van der Waals surface area contributed by atoms with E-state index < -0.39 is 0 Å². The number of ether oxygens (including phenoxy) is 1. The highest BCUT2D eigenvalue weighted by Crippen LogP contribution is 2.47. The fourth-order valence-electron chi connectivity index (χ4n) is 2.44. The van der Waals surface area contributed by atoms with Gasteiger partial charge in [0.25, 0.3) is 0 Å². The molecule has 0 saturated heterocycles. The van der Waals surface area contributed by atoms with Gasteiger partial charge in [-0.25, -0.2) is 0 Å². The second-order valence-corrected chi connectivity index (χ2v) is 5.74. The number of fused-ring (bicyclic) bond motifs is 1. The van der Waals surface area contributed by atoms with Gasteiger partial charge in [0, 0.05) is 27.4 Å². The second-order valence-electron chi connectivity index (χ2n) is 4.94. The fraction of sp³-hybridized carbons (Fsp3) is 0.462. The summed E-state index contributed by atoms with van der Waals surface area (Å²) in [7, 11) is 1.65. The van der Waals surface area contributed by atoms with E-state index in [-0.39, 0.29) is 11.2 Å². The minimum Gasteiger partial charge on any atom is -0.496 e. The van der Waals surface area contributed by atoms with Crippen molar-refractivity contribution in [3.63, 3.8) is 0 Å². The molecule has 86 valence electrons. The zero-order valence-electron chi connectivity index (χ0n) is 9.98. The predicted octanol–water partition coefficient (Wildman–Crippen LogP) is 3.63. The van der Waals surface area contributed by atoms with Gasteiger partial charge in [-0.05, 0) is 34.5 Å². The molecular formula is C13H15BrO2. The highest BCUT2D eigenvalue weighted by atomic mass is 79.9. The largest absolute Gasteiger partial charge is 0.496 e. The van der Waals surface area contributed by atoms with Crippen molar-refractivity contribution < 1.29 is 9.53 Å². The van der Waals surface area contributed by atoms with Crippen LogP contribution >= 0.6 is 15.9 Å². The lowest BCUT2D eigenvalue weighted by atomic mass is 9.85. The van der Waals surface area contributed by atoms with E-state index >= 15 is 0 Å². The highest BCUT2D eigenvalue weighted by molar-refractivity contribution is 9.10. The van der Waals surface area contributed by atoms with Crippen molar-refractivity contribution >= 4 is 21.7 Å². The summed E-state index contributed by atoms with van der Waals surface area (Å²) < 4.78 is 6.32. The van der Waals surface area contributed by atoms with Gasteiger partial charge >= 0.3 is 0 Å². The minimum absolute atomic E-state index is 0.131. The number of ketones is 1. The van der Waals surface area contributed by atoms with Crippen LogP contribution in [0.4, 0.5) is 0 Å². The van der Waals surface area contributed by atoms with Crippen molar-refractivity contribution in [2.45, 2.75) is 32.6 Å². The van der Waals surface area contributed by atoms with E-state index in [1.54, 1.807) is 7.11 Å². The molecule has 2 rings (SSSR count). The molecule has 0 N–H and O–H groups in total. The fourth-order valence-corrected chi connectivity index (χ4v) is 2.97. The maximum absolute atomic E-state index is 12.0. The Balaban J connectivity index is 2.83. The second kappa shape index (κ2) is 3.59. The summed E-state index contributed by atoms with van der Waals surface area (Å²) in [5, 5.41) is 0. The molecule has 2 nitrogen and oxygen atoms in total. The van der Waals surface area contributed by atoms with Crippen LogP contribution in [0.25, 0.3) is 0 Å². The van der Waals surface area contributed by atoms with E-state index in [9.17, 15) is 4.79 Å². The monoisotopic (exact) mass is 282 g/mol. The van der Waals surface area contributed by atoms with Crippen LogP contribution in [0, 0.1) is 6.92 Å². The molecule has 1 aliphatic rings. The molecule has 0 atom stereocenters. The molecule has 3 heteroatoms. The van der Waals surface area contributed by atoms with Crippen LogP contribution in [0.15, 0.2) is 10.5 Å². The number of aryl methyl sites for hydroxylation is 1. The van der Waals surface area contributed by atoms with Crippen LogP contribution in [0.2, 0.25) is 0 Å². The number of methoxy groups -OCH3 is 1. The highest BCUT2D eigenvalue weighted by Gasteiger charge is 2.40. The Bertz CT molecular complexity index is 475. The number of hydrogen-bond acceptors (Lipinski definition) is 2. The van der Waals surface area contributed by atoms with E-state index in [0.29, 0.717) is 6.42 Å². The van der Waals surface area contributed by atoms with Gasteiger partial charge in [0.15, 0.2) is 5.78 Å². The molecule has 0 spiro atoms. The summed E-state index contributed by atoms with van der Waals surface area (Å²) in [5.41, 5.74) is 2.76. The molecule has 0 fully saturated rings. The lowest BCUT2D eigenvalue weighted by molar-refractivity contribution is 0.0979. The summed E-state index contributed by atoms with van der Waals surface area (Å²) in [6, 6.07) is 1.99. The molecule has 1 aromatic carbocycles. The van der Waals surface area contributed by atoms with Gasteiger partial charge in [-0.2, -0.15) is 0 Å².